The van der Waals surface area contributed by atoms with Gasteiger partial charge in [-0.1, -0.05) is 13.8 Å². The molecule has 0 aliphatic carbocycles. The van der Waals surface area contributed by atoms with Gasteiger partial charge in [-0.15, -0.1) is 0 Å². The van der Waals surface area contributed by atoms with E-state index in [0.717, 1.165) is 25.0 Å². The van der Waals surface area contributed by atoms with Gasteiger partial charge in [-0.2, -0.15) is 5.10 Å². The molecule has 0 unspecified atom stereocenters. The number of amides is 2. The quantitative estimate of drug-likeness (QED) is 0.556. The van der Waals surface area contributed by atoms with E-state index in [2.05, 4.69) is 18.9 Å². The molecule has 1 aromatic carbocycles. The highest BCUT2D eigenvalue weighted by Crippen LogP contribution is 2.36. The van der Waals surface area contributed by atoms with Gasteiger partial charge in [0.15, 0.2) is 0 Å². The van der Waals surface area contributed by atoms with Crippen LogP contribution >= 0.6 is 0 Å². The molecule has 196 valence electrons. The van der Waals surface area contributed by atoms with Crippen LogP contribution in [0.25, 0.3) is 0 Å². The third kappa shape index (κ3) is 6.43. The van der Waals surface area contributed by atoms with Crippen molar-refractivity contribution in [3.63, 3.8) is 0 Å². The average molecular weight is 501 g/mol. The Labute approximate surface area is 212 Å². The number of ether oxygens (including phenoxy) is 2. The lowest BCUT2D eigenvalue weighted by Gasteiger charge is -2.43. The first-order chi connectivity index (χ1) is 17.2. The lowest BCUT2D eigenvalue weighted by molar-refractivity contribution is -0.139. The summed E-state index contributed by atoms with van der Waals surface area (Å²) in [4.78, 5) is 30.5. The minimum Gasteiger partial charge on any atom is -0.493 e. The van der Waals surface area contributed by atoms with E-state index in [1.54, 1.807) is 23.9 Å². The molecule has 8 nitrogen and oxygen atoms in total. The van der Waals surface area contributed by atoms with Crippen LogP contribution < -0.4 is 4.74 Å². The highest BCUT2D eigenvalue weighted by Gasteiger charge is 2.41. The normalized spacial score (nSPS) is 20.6. The van der Waals surface area contributed by atoms with Crippen LogP contribution in [0.4, 0.5) is 4.39 Å². The molecule has 2 aliphatic heterocycles. The molecule has 0 N–H and O–H groups in total. The highest BCUT2D eigenvalue weighted by atomic mass is 19.1. The summed E-state index contributed by atoms with van der Waals surface area (Å²) < 4.78 is 26.5. The number of aromatic nitrogens is 2. The molecule has 2 saturated heterocycles. The summed E-state index contributed by atoms with van der Waals surface area (Å²) >= 11 is 0. The van der Waals surface area contributed by atoms with E-state index in [-0.39, 0.29) is 30.7 Å². The second kappa shape index (κ2) is 11.4. The zero-order valence-corrected chi connectivity index (χ0v) is 21.5. The van der Waals surface area contributed by atoms with Crippen molar-refractivity contribution in [2.24, 2.45) is 18.4 Å². The van der Waals surface area contributed by atoms with Crippen molar-refractivity contribution in [2.75, 3.05) is 46.0 Å². The number of aryl methyl sites for hydroxylation is 1. The van der Waals surface area contributed by atoms with Gasteiger partial charge in [-0.3, -0.25) is 14.3 Å². The van der Waals surface area contributed by atoms with Gasteiger partial charge in [0.25, 0.3) is 5.91 Å². The third-order valence-corrected chi connectivity index (χ3v) is 6.96. The van der Waals surface area contributed by atoms with Gasteiger partial charge in [0.1, 0.15) is 17.3 Å². The van der Waals surface area contributed by atoms with Gasteiger partial charge >= 0.3 is 0 Å². The Balaban J connectivity index is 1.53. The van der Waals surface area contributed by atoms with Gasteiger partial charge in [0.05, 0.1) is 25.5 Å². The maximum Gasteiger partial charge on any atom is 0.272 e. The van der Waals surface area contributed by atoms with Crippen molar-refractivity contribution < 1.29 is 23.5 Å². The van der Waals surface area contributed by atoms with Crippen molar-refractivity contribution in [3.8, 4) is 5.75 Å². The molecule has 1 aromatic heterocycles. The van der Waals surface area contributed by atoms with E-state index in [0.29, 0.717) is 56.8 Å². The van der Waals surface area contributed by atoms with E-state index >= 15 is 0 Å². The molecule has 1 atom stereocenters. The fraction of sp³-hybridized carbons (Fsp3) is 0.593. The molecule has 0 bridgehead atoms. The van der Waals surface area contributed by atoms with E-state index in [1.165, 1.54) is 12.1 Å². The molecule has 36 heavy (non-hydrogen) atoms. The minimum absolute atomic E-state index is 0.0510. The fourth-order valence-corrected chi connectivity index (χ4v) is 5.11. The summed E-state index contributed by atoms with van der Waals surface area (Å²) in [7, 11) is 1.80. The van der Waals surface area contributed by atoms with Crippen LogP contribution in [-0.4, -0.2) is 77.4 Å². The largest absolute Gasteiger partial charge is 0.493 e. The lowest BCUT2D eigenvalue weighted by Crippen LogP contribution is -2.52. The molecule has 4 rings (SSSR count). The molecule has 2 aliphatic rings. The number of carbonyl (C=O) groups is 2. The summed E-state index contributed by atoms with van der Waals surface area (Å²) in [6.45, 7) is 7.77. The first-order valence-electron chi connectivity index (χ1n) is 12.8. The van der Waals surface area contributed by atoms with Crippen molar-refractivity contribution in [1.82, 2.24) is 19.6 Å². The molecule has 0 saturated carbocycles. The number of nitrogens with zero attached hydrogens (tertiary/aromatic N) is 4. The standard InChI is InChI=1S/C27H37FN4O4/c1-20(2)15-22-16-24(30(3)29-22)26(34)32-10-4-9-27(18-32,17-25(33)31-11-13-35-14-12-31)19-36-23-7-5-21(28)6-8-23/h5-8,16,20H,4,9-15,17-19H2,1-3H3/t27-/m0/s1. The Hall–Kier alpha value is -2.94. The van der Waals surface area contributed by atoms with E-state index < -0.39 is 5.41 Å². The summed E-state index contributed by atoms with van der Waals surface area (Å²) in [5.41, 5.74) is 0.915. The molecule has 9 heteroatoms. The Bertz CT molecular complexity index is 1050. The van der Waals surface area contributed by atoms with Crippen molar-refractivity contribution in [1.29, 1.82) is 0 Å². The fourth-order valence-electron chi connectivity index (χ4n) is 5.11. The van der Waals surface area contributed by atoms with Gasteiger partial charge in [0, 0.05) is 45.1 Å². The summed E-state index contributed by atoms with van der Waals surface area (Å²) in [6.07, 6.45) is 2.62. The van der Waals surface area contributed by atoms with Crippen LogP contribution in [0.3, 0.4) is 0 Å². The summed E-state index contributed by atoms with van der Waals surface area (Å²) in [5, 5.41) is 4.54. The number of rotatable bonds is 8. The molecular formula is C27H37FN4O4. The molecule has 3 heterocycles. The van der Waals surface area contributed by atoms with Crippen LogP contribution in [-0.2, 0) is 23.0 Å². The molecular weight excluding hydrogens is 463 g/mol. The Kier molecular flexibility index (Phi) is 8.28. The monoisotopic (exact) mass is 500 g/mol. The van der Waals surface area contributed by atoms with Crippen molar-refractivity contribution in [3.05, 3.63) is 47.5 Å². The summed E-state index contributed by atoms with van der Waals surface area (Å²) in [6, 6.07) is 7.77. The molecule has 0 spiro atoms. The first-order valence-corrected chi connectivity index (χ1v) is 12.8. The lowest BCUT2D eigenvalue weighted by atomic mass is 9.77. The topological polar surface area (TPSA) is 76.9 Å². The smallest absolute Gasteiger partial charge is 0.272 e. The Morgan fingerprint density at radius 2 is 1.86 bits per heavy atom. The number of halogens is 1. The number of piperidine rings is 1. The summed E-state index contributed by atoms with van der Waals surface area (Å²) in [5.74, 6) is 0.630. The van der Waals surface area contributed by atoms with Crippen LogP contribution in [0.5, 0.6) is 5.75 Å². The van der Waals surface area contributed by atoms with E-state index in [4.69, 9.17) is 9.47 Å². The minimum atomic E-state index is -0.545. The Morgan fingerprint density at radius 1 is 1.14 bits per heavy atom. The number of carbonyl (C=O) groups excluding carboxylic acids is 2. The number of morpholine rings is 1. The zero-order valence-electron chi connectivity index (χ0n) is 21.5. The predicted octanol–water partition coefficient (Wildman–Crippen LogP) is 3.31. The van der Waals surface area contributed by atoms with Gasteiger partial charge in [-0.25, -0.2) is 4.39 Å². The second-order valence-electron chi connectivity index (χ2n) is 10.5. The van der Waals surface area contributed by atoms with Gasteiger partial charge < -0.3 is 19.3 Å². The number of hydrogen-bond donors (Lipinski definition) is 0. The number of benzene rings is 1. The van der Waals surface area contributed by atoms with Crippen LogP contribution in [0.2, 0.25) is 0 Å². The molecule has 2 aromatic rings. The average Bonchev–Trinajstić information content (AvgIpc) is 3.23. The van der Waals surface area contributed by atoms with E-state index in [9.17, 15) is 14.0 Å². The number of hydrogen-bond acceptors (Lipinski definition) is 5. The van der Waals surface area contributed by atoms with E-state index in [1.807, 2.05) is 15.9 Å². The predicted molar refractivity (Wildman–Crippen MR) is 133 cm³/mol. The molecule has 2 fully saturated rings. The van der Waals surface area contributed by atoms with Crippen molar-refractivity contribution >= 4 is 11.8 Å². The maximum atomic E-state index is 13.6. The van der Waals surface area contributed by atoms with Crippen LogP contribution in [0.15, 0.2) is 30.3 Å². The molecule has 2 amide bonds. The highest BCUT2D eigenvalue weighted by molar-refractivity contribution is 5.93. The Morgan fingerprint density at radius 3 is 2.56 bits per heavy atom. The SMILES string of the molecule is CC(C)Cc1cc(C(=O)N2CCC[C@](COc3ccc(F)cc3)(CC(=O)N3CCOCC3)C2)n(C)n1. The zero-order chi connectivity index (χ0) is 25.7. The second-order valence-corrected chi connectivity index (χ2v) is 10.5. The first kappa shape index (κ1) is 26.1. The molecule has 0 radical (unpaired) electrons. The van der Waals surface area contributed by atoms with Gasteiger partial charge in [0.2, 0.25) is 5.91 Å². The van der Waals surface area contributed by atoms with Crippen LogP contribution in [0.1, 0.15) is 49.3 Å². The maximum absolute atomic E-state index is 13.6. The van der Waals surface area contributed by atoms with Crippen molar-refractivity contribution in [2.45, 2.75) is 39.5 Å². The number of likely N-dealkylation sites (tertiary alicyclic amines) is 1. The third-order valence-electron chi connectivity index (χ3n) is 6.96. The van der Waals surface area contributed by atoms with Crippen LogP contribution in [0, 0.1) is 17.2 Å². The van der Waals surface area contributed by atoms with Gasteiger partial charge in [-0.05, 0) is 55.5 Å².